The van der Waals surface area contributed by atoms with Crippen LogP contribution in [0.1, 0.15) is 43.0 Å². The Balaban J connectivity index is 1.78. The average molecular weight is 273 g/mol. The van der Waals surface area contributed by atoms with Gasteiger partial charge < -0.3 is 5.32 Å². The van der Waals surface area contributed by atoms with Crippen LogP contribution in [0.2, 0.25) is 0 Å². The molecule has 1 unspecified atom stereocenters. The van der Waals surface area contributed by atoms with Crippen molar-refractivity contribution in [2.45, 2.75) is 38.3 Å². The summed E-state index contributed by atoms with van der Waals surface area (Å²) in [7, 11) is 0. The number of nitrogens with one attached hydrogen (secondary N) is 2. The summed E-state index contributed by atoms with van der Waals surface area (Å²) in [6.45, 7) is 0.690. The van der Waals surface area contributed by atoms with Crippen LogP contribution in [-0.2, 0) is 6.54 Å². The highest BCUT2D eigenvalue weighted by molar-refractivity contribution is 5.22. The lowest BCUT2D eigenvalue weighted by Gasteiger charge is -2.25. The average Bonchev–Trinajstić information content (AvgIpc) is 3.14. The van der Waals surface area contributed by atoms with Gasteiger partial charge in [-0.2, -0.15) is 5.10 Å². The van der Waals surface area contributed by atoms with Crippen molar-refractivity contribution in [1.29, 1.82) is 0 Å². The van der Waals surface area contributed by atoms with Crippen molar-refractivity contribution in [2.24, 2.45) is 5.92 Å². The molecule has 0 aliphatic heterocycles. The molecule has 1 atom stereocenters. The lowest BCUT2D eigenvalue weighted by molar-refractivity contribution is 0.354. The number of aromatic amines is 1. The van der Waals surface area contributed by atoms with E-state index in [0.29, 0.717) is 12.5 Å². The molecule has 2 N–H and O–H groups in total. The summed E-state index contributed by atoms with van der Waals surface area (Å²) in [6.07, 6.45) is 6.59. The molecule has 1 fully saturated rings. The molecule has 0 spiro atoms. The van der Waals surface area contributed by atoms with Crippen molar-refractivity contribution in [3.05, 3.63) is 53.6 Å². The van der Waals surface area contributed by atoms with Crippen LogP contribution in [0.3, 0.4) is 0 Å². The maximum Gasteiger partial charge on any atom is 0.127 e. The van der Waals surface area contributed by atoms with Crippen molar-refractivity contribution in [3.8, 4) is 0 Å². The van der Waals surface area contributed by atoms with E-state index in [0.717, 1.165) is 11.3 Å². The van der Waals surface area contributed by atoms with Crippen molar-refractivity contribution in [1.82, 2.24) is 15.5 Å². The normalized spacial score (nSPS) is 17.4. The predicted molar refractivity (Wildman–Crippen MR) is 76.5 cm³/mol. The fraction of sp³-hybridized carbons (Fsp3) is 0.438. The van der Waals surface area contributed by atoms with Crippen LogP contribution >= 0.6 is 0 Å². The number of H-pyrrole nitrogens is 1. The summed E-state index contributed by atoms with van der Waals surface area (Å²) in [5.74, 6) is 0.413. The Morgan fingerprint density at radius 2 is 2.05 bits per heavy atom. The van der Waals surface area contributed by atoms with Gasteiger partial charge in [0.2, 0.25) is 0 Å². The molecule has 0 bridgehead atoms. The van der Waals surface area contributed by atoms with Crippen LogP contribution in [0.4, 0.5) is 4.39 Å². The zero-order valence-electron chi connectivity index (χ0n) is 11.5. The van der Waals surface area contributed by atoms with E-state index in [1.54, 1.807) is 18.3 Å². The largest absolute Gasteiger partial charge is 0.304 e. The summed E-state index contributed by atoms with van der Waals surface area (Å²) < 4.78 is 14.1. The minimum absolute atomic E-state index is 0.0852. The van der Waals surface area contributed by atoms with Crippen LogP contribution in [0, 0.1) is 11.7 Å². The summed E-state index contributed by atoms with van der Waals surface area (Å²) >= 11 is 0. The summed E-state index contributed by atoms with van der Waals surface area (Å²) in [4.78, 5) is 0. The molecule has 1 aliphatic carbocycles. The van der Waals surface area contributed by atoms with E-state index >= 15 is 0 Å². The van der Waals surface area contributed by atoms with Gasteiger partial charge in [0, 0.05) is 30.0 Å². The number of benzene rings is 1. The minimum atomic E-state index is -0.110. The Hall–Kier alpha value is -1.68. The number of rotatable bonds is 5. The van der Waals surface area contributed by atoms with Gasteiger partial charge in [-0.1, -0.05) is 31.0 Å². The van der Waals surface area contributed by atoms with E-state index in [1.165, 1.54) is 25.7 Å². The third-order valence-electron chi connectivity index (χ3n) is 4.18. The third-order valence-corrected chi connectivity index (χ3v) is 4.18. The van der Waals surface area contributed by atoms with Gasteiger partial charge in [0.1, 0.15) is 5.82 Å². The van der Waals surface area contributed by atoms with Crippen LogP contribution in [0.15, 0.2) is 36.5 Å². The summed E-state index contributed by atoms with van der Waals surface area (Å²) in [6, 6.07) is 9.15. The fourth-order valence-electron chi connectivity index (χ4n) is 3.15. The first kappa shape index (κ1) is 13.3. The van der Waals surface area contributed by atoms with Gasteiger partial charge in [-0.25, -0.2) is 4.39 Å². The molecule has 4 heteroatoms. The zero-order chi connectivity index (χ0) is 13.8. The first-order valence-corrected chi connectivity index (χ1v) is 7.30. The van der Waals surface area contributed by atoms with Gasteiger partial charge in [-0.05, 0) is 30.9 Å². The number of nitrogens with zero attached hydrogens (tertiary/aromatic N) is 1. The maximum absolute atomic E-state index is 14.1. The number of aromatic nitrogens is 2. The predicted octanol–water partition coefficient (Wildman–Crippen LogP) is 3.57. The smallest absolute Gasteiger partial charge is 0.127 e. The number of hydrogen-bond donors (Lipinski definition) is 2. The Bertz CT molecular complexity index is 532. The SMILES string of the molecule is Fc1ccccc1C(NCc1ccn[nH]1)C1CCCC1. The molecular formula is C16H20FN3. The van der Waals surface area contributed by atoms with Crippen LogP contribution in [0.5, 0.6) is 0 Å². The zero-order valence-corrected chi connectivity index (χ0v) is 11.5. The molecule has 106 valence electrons. The highest BCUT2D eigenvalue weighted by atomic mass is 19.1. The standard InChI is InChI=1S/C16H20FN3/c17-15-8-4-3-7-14(15)16(12-5-1-2-6-12)18-11-13-9-10-19-20-13/h3-4,7-10,12,16,18H,1-2,5-6,11H2,(H,19,20). The molecule has 1 heterocycles. The second-order valence-electron chi connectivity index (χ2n) is 5.51. The monoisotopic (exact) mass is 273 g/mol. The molecule has 0 radical (unpaired) electrons. The molecule has 2 aromatic rings. The van der Waals surface area contributed by atoms with Crippen molar-refractivity contribution >= 4 is 0 Å². The van der Waals surface area contributed by atoms with Gasteiger partial charge in [0.15, 0.2) is 0 Å². The van der Waals surface area contributed by atoms with Crippen LogP contribution in [-0.4, -0.2) is 10.2 Å². The molecule has 20 heavy (non-hydrogen) atoms. The van der Waals surface area contributed by atoms with Gasteiger partial charge in [-0.15, -0.1) is 0 Å². The van der Waals surface area contributed by atoms with E-state index in [1.807, 2.05) is 18.2 Å². The maximum atomic E-state index is 14.1. The molecule has 0 amide bonds. The van der Waals surface area contributed by atoms with Gasteiger partial charge >= 0.3 is 0 Å². The van der Waals surface area contributed by atoms with Gasteiger partial charge in [0.25, 0.3) is 0 Å². The Morgan fingerprint density at radius 3 is 2.75 bits per heavy atom. The Labute approximate surface area is 118 Å². The van der Waals surface area contributed by atoms with E-state index in [-0.39, 0.29) is 11.9 Å². The van der Waals surface area contributed by atoms with E-state index in [4.69, 9.17) is 0 Å². The molecule has 0 saturated heterocycles. The van der Waals surface area contributed by atoms with Crippen molar-refractivity contribution < 1.29 is 4.39 Å². The second kappa shape index (κ2) is 6.18. The fourth-order valence-corrected chi connectivity index (χ4v) is 3.15. The highest BCUT2D eigenvalue weighted by Crippen LogP contribution is 2.36. The van der Waals surface area contributed by atoms with Gasteiger partial charge in [-0.3, -0.25) is 5.10 Å². The minimum Gasteiger partial charge on any atom is -0.304 e. The number of halogens is 1. The van der Waals surface area contributed by atoms with E-state index in [2.05, 4.69) is 15.5 Å². The first-order chi connectivity index (χ1) is 9.84. The number of hydrogen-bond acceptors (Lipinski definition) is 2. The lowest BCUT2D eigenvalue weighted by atomic mass is 9.91. The van der Waals surface area contributed by atoms with Gasteiger partial charge in [0.05, 0.1) is 0 Å². The first-order valence-electron chi connectivity index (χ1n) is 7.30. The highest BCUT2D eigenvalue weighted by Gasteiger charge is 2.27. The van der Waals surface area contributed by atoms with E-state index in [9.17, 15) is 4.39 Å². The quantitative estimate of drug-likeness (QED) is 0.874. The van der Waals surface area contributed by atoms with Crippen LogP contribution in [0.25, 0.3) is 0 Å². The Morgan fingerprint density at radius 1 is 1.25 bits per heavy atom. The van der Waals surface area contributed by atoms with Crippen molar-refractivity contribution in [3.63, 3.8) is 0 Å². The molecule has 1 aromatic heterocycles. The second-order valence-corrected chi connectivity index (χ2v) is 5.51. The molecular weight excluding hydrogens is 253 g/mol. The summed E-state index contributed by atoms with van der Waals surface area (Å²) in [5, 5.41) is 10.4. The van der Waals surface area contributed by atoms with E-state index < -0.39 is 0 Å². The summed E-state index contributed by atoms with van der Waals surface area (Å²) in [5.41, 5.74) is 1.82. The van der Waals surface area contributed by atoms with Crippen LogP contribution < -0.4 is 5.32 Å². The topological polar surface area (TPSA) is 40.7 Å². The molecule has 1 saturated carbocycles. The third kappa shape index (κ3) is 2.90. The van der Waals surface area contributed by atoms with Crippen molar-refractivity contribution in [2.75, 3.05) is 0 Å². The molecule has 3 rings (SSSR count). The Kier molecular flexibility index (Phi) is 4.11. The lowest BCUT2D eigenvalue weighted by Crippen LogP contribution is -2.27. The molecule has 1 aliphatic rings. The molecule has 1 aromatic carbocycles. The molecule has 3 nitrogen and oxygen atoms in total.